The molecule has 1 fully saturated rings. The predicted molar refractivity (Wildman–Crippen MR) is 98.6 cm³/mol. The molecule has 1 saturated heterocycles. The molecule has 3 rings (SSSR count). The summed E-state index contributed by atoms with van der Waals surface area (Å²) in [6.07, 6.45) is 0.558. The maximum Gasteiger partial charge on any atom is 0.417 e. The maximum absolute atomic E-state index is 12.0. The van der Waals surface area contributed by atoms with E-state index in [0.29, 0.717) is 34.7 Å². The molecule has 0 bridgehead atoms. The number of halogens is 1. The van der Waals surface area contributed by atoms with Crippen LogP contribution in [0.5, 0.6) is 11.5 Å². The molecule has 1 heterocycles. The van der Waals surface area contributed by atoms with Gasteiger partial charge in [0, 0.05) is 29.2 Å². The highest BCUT2D eigenvalue weighted by Crippen LogP contribution is 2.26. The lowest BCUT2D eigenvalue weighted by atomic mass is 10.1. The normalized spacial score (nSPS) is 17.3. The second kappa shape index (κ2) is 8.23. The molecule has 1 aliphatic rings. The minimum atomic E-state index is -0.572. The van der Waals surface area contributed by atoms with E-state index in [1.54, 1.807) is 42.5 Å². The number of amides is 1. The Hall–Kier alpha value is -2.24. The molecule has 5 nitrogen and oxygen atoms in total. The molecule has 1 amide bonds. The number of likely N-dealkylation sites (tertiary alicyclic amines) is 1. The van der Waals surface area contributed by atoms with E-state index in [1.165, 1.54) is 0 Å². The maximum atomic E-state index is 12.0. The highest BCUT2D eigenvalue weighted by atomic mass is 35.5. The third-order valence-corrected chi connectivity index (χ3v) is 4.26. The van der Waals surface area contributed by atoms with Gasteiger partial charge >= 0.3 is 6.09 Å². The van der Waals surface area contributed by atoms with Crippen LogP contribution in [-0.4, -0.2) is 37.7 Å². The summed E-state index contributed by atoms with van der Waals surface area (Å²) >= 11 is 6.13. The van der Waals surface area contributed by atoms with Gasteiger partial charge in [0.15, 0.2) is 0 Å². The van der Waals surface area contributed by atoms with Gasteiger partial charge < -0.3 is 14.4 Å². The van der Waals surface area contributed by atoms with Crippen LogP contribution in [-0.2, 0) is 0 Å². The molecule has 0 saturated carbocycles. The molecule has 1 aliphatic heterocycles. The average Bonchev–Trinajstić information content (AvgIpc) is 2.99. The second-order valence-corrected chi connectivity index (χ2v) is 6.67. The SMILES string of the molecule is CN1CCC(COc2cc(Cl)cc(NC(=O)Oc3ccccc3)c2)C1. The molecule has 2 aromatic rings. The first-order valence-electron chi connectivity index (χ1n) is 8.24. The van der Waals surface area contributed by atoms with Gasteiger partial charge in [-0.25, -0.2) is 4.79 Å². The Balaban J connectivity index is 1.58. The first-order valence-corrected chi connectivity index (χ1v) is 8.62. The Bertz CT molecular complexity index is 724. The smallest absolute Gasteiger partial charge is 0.417 e. The number of carbonyl (C=O) groups is 1. The lowest BCUT2D eigenvalue weighted by Gasteiger charge is -2.14. The number of nitrogens with zero attached hydrogens (tertiary/aromatic N) is 1. The number of carbonyl (C=O) groups excluding carboxylic acids is 1. The van der Waals surface area contributed by atoms with Crippen molar-refractivity contribution in [2.45, 2.75) is 6.42 Å². The van der Waals surface area contributed by atoms with Crippen LogP contribution in [0.1, 0.15) is 6.42 Å². The number of ether oxygens (including phenoxy) is 2. The fourth-order valence-corrected chi connectivity index (χ4v) is 3.06. The summed E-state index contributed by atoms with van der Waals surface area (Å²) in [4.78, 5) is 14.3. The van der Waals surface area contributed by atoms with Crippen LogP contribution in [0.25, 0.3) is 0 Å². The van der Waals surface area contributed by atoms with Gasteiger partial charge in [0.05, 0.1) is 6.61 Å². The van der Waals surface area contributed by atoms with E-state index >= 15 is 0 Å². The van der Waals surface area contributed by atoms with Gasteiger partial charge in [0.2, 0.25) is 0 Å². The van der Waals surface area contributed by atoms with Crippen molar-refractivity contribution in [1.82, 2.24) is 4.90 Å². The van der Waals surface area contributed by atoms with Gasteiger partial charge in [-0.1, -0.05) is 29.8 Å². The fraction of sp³-hybridized carbons (Fsp3) is 0.316. The van der Waals surface area contributed by atoms with E-state index in [1.807, 2.05) is 6.07 Å². The number of anilines is 1. The minimum absolute atomic E-state index is 0.476. The minimum Gasteiger partial charge on any atom is -0.493 e. The van der Waals surface area contributed by atoms with Gasteiger partial charge in [-0.05, 0) is 44.3 Å². The van der Waals surface area contributed by atoms with Crippen LogP contribution in [0, 0.1) is 5.92 Å². The lowest BCUT2D eigenvalue weighted by molar-refractivity contribution is 0.215. The summed E-state index contributed by atoms with van der Waals surface area (Å²) in [5.41, 5.74) is 0.534. The lowest BCUT2D eigenvalue weighted by Crippen LogP contribution is -2.18. The molecule has 1 N–H and O–H groups in total. The van der Waals surface area contributed by atoms with Crippen molar-refractivity contribution in [1.29, 1.82) is 0 Å². The third-order valence-electron chi connectivity index (χ3n) is 4.05. The molecule has 1 unspecified atom stereocenters. The molecule has 0 aliphatic carbocycles. The fourth-order valence-electron chi connectivity index (χ4n) is 2.83. The highest BCUT2D eigenvalue weighted by molar-refractivity contribution is 6.31. The molecular weight excluding hydrogens is 340 g/mol. The van der Waals surface area contributed by atoms with E-state index in [-0.39, 0.29) is 0 Å². The Morgan fingerprint density at radius 2 is 2.04 bits per heavy atom. The molecule has 0 spiro atoms. The molecule has 132 valence electrons. The van der Waals surface area contributed by atoms with E-state index in [9.17, 15) is 4.79 Å². The molecule has 2 aromatic carbocycles. The van der Waals surface area contributed by atoms with Crippen LogP contribution in [0.2, 0.25) is 5.02 Å². The number of hydrogen-bond donors (Lipinski definition) is 1. The number of nitrogens with one attached hydrogen (secondary N) is 1. The van der Waals surface area contributed by atoms with Crippen LogP contribution >= 0.6 is 11.6 Å². The van der Waals surface area contributed by atoms with Crippen molar-refractivity contribution in [2.75, 3.05) is 32.1 Å². The second-order valence-electron chi connectivity index (χ2n) is 6.23. The predicted octanol–water partition coefficient (Wildman–Crippen LogP) is 4.28. The molecule has 0 radical (unpaired) electrons. The van der Waals surface area contributed by atoms with Gasteiger partial charge in [0.1, 0.15) is 11.5 Å². The zero-order valence-corrected chi connectivity index (χ0v) is 14.8. The molecule has 25 heavy (non-hydrogen) atoms. The van der Waals surface area contributed by atoms with E-state index < -0.39 is 6.09 Å². The molecule has 0 aromatic heterocycles. The van der Waals surface area contributed by atoms with Crippen molar-refractivity contribution in [3.8, 4) is 11.5 Å². The quantitative estimate of drug-likeness (QED) is 0.864. The molecular formula is C19H21ClN2O3. The van der Waals surface area contributed by atoms with Gasteiger partial charge in [-0.2, -0.15) is 0 Å². The van der Waals surface area contributed by atoms with E-state index in [4.69, 9.17) is 21.1 Å². The average molecular weight is 361 g/mol. The Labute approximate surface area is 152 Å². The summed E-state index contributed by atoms with van der Waals surface area (Å²) in [6, 6.07) is 14.0. The van der Waals surface area contributed by atoms with Crippen LogP contribution < -0.4 is 14.8 Å². The van der Waals surface area contributed by atoms with Gasteiger partial charge in [-0.3, -0.25) is 5.32 Å². The summed E-state index contributed by atoms with van der Waals surface area (Å²) in [6.45, 7) is 2.77. The standard InChI is InChI=1S/C19H21ClN2O3/c1-22-8-7-14(12-22)13-24-18-10-15(20)9-16(11-18)21-19(23)25-17-5-3-2-4-6-17/h2-6,9-11,14H,7-8,12-13H2,1H3,(H,21,23). The summed E-state index contributed by atoms with van der Waals surface area (Å²) in [5.74, 6) is 1.63. The zero-order chi connectivity index (χ0) is 17.6. The summed E-state index contributed by atoms with van der Waals surface area (Å²) in [7, 11) is 2.11. The number of para-hydroxylation sites is 1. The Morgan fingerprint density at radius 1 is 1.24 bits per heavy atom. The van der Waals surface area contributed by atoms with Gasteiger partial charge in [0.25, 0.3) is 0 Å². The van der Waals surface area contributed by atoms with Crippen molar-refractivity contribution in [3.05, 3.63) is 53.6 Å². The molecule has 6 heteroatoms. The monoisotopic (exact) mass is 360 g/mol. The highest BCUT2D eigenvalue weighted by Gasteiger charge is 2.20. The van der Waals surface area contributed by atoms with Crippen molar-refractivity contribution >= 4 is 23.4 Å². The largest absolute Gasteiger partial charge is 0.493 e. The van der Waals surface area contributed by atoms with Gasteiger partial charge in [-0.15, -0.1) is 0 Å². The van der Waals surface area contributed by atoms with Crippen LogP contribution in [0.3, 0.4) is 0 Å². The first kappa shape index (κ1) is 17.6. The number of hydrogen-bond acceptors (Lipinski definition) is 4. The van der Waals surface area contributed by atoms with Crippen molar-refractivity contribution < 1.29 is 14.3 Å². The Kier molecular flexibility index (Phi) is 5.79. The summed E-state index contributed by atoms with van der Waals surface area (Å²) in [5, 5.41) is 3.17. The number of rotatable bonds is 5. The van der Waals surface area contributed by atoms with Crippen LogP contribution in [0.4, 0.5) is 10.5 Å². The summed E-state index contributed by atoms with van der Waals surface area (Å²) < 4.78 is 11.1. The van der Waals surface area contributed by atoms with E-state index in [0.717, 1.165) is 19.5 Å². The van der Waals surface area contributed by atoms with Crippen molar-refractivity contribution in [2.24, 2.45) is 5.92 Å². The first-order chi connectivity index (χ1) is 12.1. The van der Waals surface area contributed by atoms with Crippen LogP contribution in [0.15, 0.2) is 48.5 Å². The zero-order valence-electron chi connectivity index (χ0n) is 14.1. The topological polar surface area (TPSA) is 50.8 Å². The third kappa shape index (κ3) is 5.37. The van der Waals surface area contributed by atoms with E-state index in [2.05, 4.69) is 17.3 Å². The molecule has 1 atom stereocenters. The van der Waals surface area contributed by atoms with Crippen molar-refractivity contribution in [3.63, 3.8) is 0 Å². The Morgan fingerprint density at radius 3 is 2.76 bits per heavy atom. The number of benzene rings is 2.